The average molecular weight is 361 g/mol. The second-order valence-corrected chi connectivity index (χ2v) is 7.39. The zero-order valence-electron chi connectivity index (χ0n) is 16.3. The van der Waals surface area contributed by atoms with Crippen molar-refractivity contribution < 1.29 is 0 Å². The lowest BCUT2D eigenvalue weighted by atomic mass is 10.1. The highest BCUT2D eigenvalue weighted by Crippen LogP contribution is 2.26. The van der Waals surface area contributed by atoms with Gasteiger partial charge in [-0.15, -0.1) is 0 Å². The van der Waals surface area contributed by atoms with Gasteiger partial charge in [0, 0.05) is 31.4 Å². The highest BCUT2D eigenvalue weighted by atomic mass is 15.3. The van der Waals surface area contributed by atoms with Crippen molar-refractivity contribution in [2.45, 2.75) is 20.3 Å². The SMILES string of the molecule is CCN(CC)CC1CCN(c2nccc(-c3ccc4ccccc4c3)n2)C1. The molecular weight excluding hydrogens is 332 g/mol. The first-order chi connectivity index (χ1) is 13.3. The van der Waals surface area contributed by atoms with Crippen molar-refractivity contribution in [3.05, 3.63) is 54.7 Å². The molecule has 0 spiro atoms. The minimum absolute atomic E-state index is 0.706. The number of fused-ring (bicyclic) bond motifs is 1. The summed E-state index contributed by atoms with van der Waals surface area (Å²) in [6.45, 7) is 10.0. The van der Waals surface area contributed by atoms with Crippen LogP contribution in [0.25, 0.3) is 22.0 Å². The molecule has 4 nitrogen and oxygen atoms in total. The van der Waals surface area contributed by atoms with Gasteiger partial charge in [0.25, 0.3) is 0 Å². The van der Waals surface area contributed by atoms with E-state index in [0.29, 0.717) is 5.92 Å². The zero-order chi connectivity index (χ0) is 18.6. The molecule has 1 aromatic heterocycles. The molecule has 1 aliphatic heterocycles. The Labute approximate surface area is 161 Å². The summed E-state index contributed by atoms with van der Waals surface area (Å²) in [5.74, 6) is 1.57. The quantitative estimate of drug-likeness (QED) is 0.649. The summed E-state index contributed by atoms with van der Waals surface area (Å²) in [4.78, 5) is 14.3. The first-order valence-electron chi connectivity index (χ1n) is 10.1. The molecule has 1 unspecified atom stereocenters. The van der Waals surface area contributed by atoms with Crippen molar-refractivity contribution in [1.82, 2.24) is 14.9 Å². The van der Waals surface area contributed by atoms with E-state index in [1.54, 1.807) is 0 Å². The van der Waals surface area contributed by atoms with E-state index in [1.165, 1.54) is 23.7 Å². The molecule has 0 amide bonds. The molecule has 1 saturated heterocycles. The Morgan fingerprint density at radius 3 is 2.67 bits per heavy atom. The highest BCUT2D eigenvalue weighted by molar-refractivity contribution is 5.86. The molecule has 0 radical (unpaired) electrons. The van der Waals surface area contributed by atoms with Crippen LogP contribution in [0.15, 0.2) is 54.7 Å². The minimum atomic E-state index is 0.706. The molecule has 3 aromatic rings. The Kier molecular flexibility index (Phi) is 5.35. The van der Waals surface area contributed by atoms with Crippen LogP contribution >= 0.6 is 0 Å². The standard InChI is InChI=1S/C23H28N4/c1-3-26(4-2)16-18-12-14-27(17-18)23-24-13-11-22(25-23)21-10-9-19-7-5-6-8-20(19)15-21/h5-11,13,15,18H,3-4,12,14,16-17H2,1-2H3. The summed E-state index contributed by atoms with van der Waals surface area (Å²) in [6, 6.07) is 17.0. The predicted molar refractivity (Wildman–Crippen MR) is 113 cm³/mol. The minimum Gasteiger partial charge on any atom is -0.340 e. The van der Waals surface area contributed by atoms with Gasteiger partial charge < -0.3 is 9.80 Å². The molecule has 1 atom stereocenters. The Balaban J connectivity index is 1.52. The van der Waals surface area contributed by atoms with Crippen molar-refractivity contribution in [3.63, 3.8) is 0 Å². The third-order valence-corrected chi connectivity index (χ3v) is 5.67. The Bertz CT molecular complexity index is 904. The van der Waals surface area contributed by atoms with Crippen molar-refractivity contribution in [3.8, 4) is 11.3 Å². The van der Waals surface area contributed by atoms with Crippen molar-refractivity contribution >= 4 is 16.7 Å². The fourth-order valence-electron chi connectivity index (χ4n) is 4.02. The number of anilines is 1. The lowest BCUT2D eigenvalue weighted by molar-refractivity contribution is 0.261. The summed E-state index contributed by atoms with van der Waals surface area (Å²) in [5, 5.41) is 2.50. The van der Waals surface area contributed by atoms with E-state index < -0.39 is 0 Å². The van der Waals surface area contributed by atoms with Gasteiger partial charge in [-0.25, -0.2) is 9.97 Å². The second kappa shape index (κ2) is 8.05. The molecule has 0 N–H and O–H groups in total. The van der Waals surface area contributed by atoms with Gasteiger partial charge in [0.1, 0.15) is 0 Å². The van der Waals surface area contributed by atoms with Crippen LogP contribution in [-0.2, 0) is 0 Å². The van der Waals surface area contributed by atoms with Crippen molar-refractivity contribution in [2.24, 2.45) is 5.92 Å². The van der Waals surface area contributed by atoms with Crippen molar-refractivity contribution in [2.75, 3.05) is 37.6 Å². The van der Waals surface area contributed by atoms with Crippen LogP contribution in [0, 0.1) is 5.92 Å². The molecule has 4 heteroatoms. The van der Waals surface area contributed by atoms with E-state index in [9.17, 15) is 0 Å². The van der Waals surface area contributed by atoms with E-state index in [1.807, 2.05) is 12.3 Å². The van der Waals surface area contributed by atoms with E-state index in [-0.39, 0.29) is 0 Å². The van der Waals surface area contributed by atoms with Crippen LogP contribution in [0.4, 0.5) is 5.95 Å². The molecule has 27 heavy (non-hydrogen) atoms. The van der Waals surface area contributed by atoms with Gasteiger partial charge in [0.15, 0.2) is 0 Å². The summed E-state index contributed by atoms with van der Waals surface area (Å²) in [6.07, 6.45) is 3.12. The third-order valence-electron chi connectivity index (χ3n) is 5.67. The van der Waals surface area contributed by atoms with Gasteiger partial charge in [-0.1, -0.05) is 50.2 Å². The third kappa shape index (κ3) is 3.96. The maximum Gasteiger partial charge on any atom is 0.225 e. The van der Waals surface area contributed by atoms with Crippen LogP contribution in [0.3, 0.4) is 0 Å². The van der Waals surface area contributed by atoms with Crippen LogP contribution in [0.2, 0.25) is 0 Å². The lowest BCUT2D eigenvalue weighted by Gasteiger charge is -2.22. The summed E-state index contributed by atoms with van der Waals surface area (Å²) in [5.41, 5.74) is 2.15. The largest absolute Gasteiger partial charge is 0.340 e. The smallest absolute Gasteiger partial charge is 0.225 e. The molecule has 140 valence electrons. The normalized spacial score (nSPS) is 17.1. The predicted octanol–water partition coefficient (Wildman–Crippen LogP) is 4.46. The van der Waals surface area contributed by atoms with E-state index >= 15 is 0 Å². The van der Waals surface area contributed by atoms with Crippen molar-refractivity contribution in [1.29, 1.82) is 0 Å². The van der Waals surface area contributed by atoms with Gasteiger partial charge in [0.2, 0.25) is 5.95 Å². The summed E-state index contributed by atoms with van der Waals surface area (Å²) < 4.78 is 0. The molecule has 1 aliphatic rings. The number of hydrogen-bond donors (Lipinski definition) is 0. The van der Waals surface area contributed by atoms with Gasteiger partial charge in [0.05, 0.1) is 5.69 Å². The fourth-order valence-corrected chi connectivity index (χ4v) is 4.02. The first-order valence-corrected chi connectivity index (χ1v) is 10.1. The van der Waals surface area contributed by atoms with Crippen LogP contribution in [0.5, 0.6) is 0 Å². The van der Waals surface area contributed by atoms with Gasteiger partial charge in [-0.05, 0) is 48.3 Å². The fraction of sp³-hybridized carbons (Fsp3) is 0.391. The first kappa shape index (κ1) is 17.9. The van der Waals surface area contributed by atoms with Gasteiger partial charge >= 0.3 is 0 Å². The molecule has 0 bridgehead atoms. The molecule has 2 heterocycles. The molecule has 1 fully saturated rings. The van der Waals surface area contributed by atoms with Gasteiger partial charge in [-0.3, -0.25) is 0 Å². The maximum atomic E-state index is 4.89. The number of benzene rings is 2. The number of rotatable bonds is 6. The lowest BCUT2D eigenvalue weighted by Crippen LogP contribution is -2.31. The average Bonchev–Trinajstić information content (AvgIpc) is 3.20. The topological polar surface area (TPSA) is 32.3 Å². The van der Waals surface area contributed by atoms with E-state index in [0.717, 1.165) is 43.4 Å². The van der Waals surface area contributed by atoms with E-state index in [4.69, 9.17) is 4.98 Å². The monoisotopic (exact) mass is 360 g/mol. The summed E-state index contributed by atoms with van der Waals surface area (Å²) >= 11 is 0. The van der Waals surface area contributed by atoms with Crippen LogP contribution in [-0.4, -0.2) is 47.6 Å². The highest BCUT2D eigenvalue weighted by Gasteiger charge is 2.25. The summed E-state index contributed by atoms with van der Waals surface area (Å²) in [7, 11) is 0. The molecule has 4 rings (SSSR count). The maximum absolute atomic E-state index is 4.89. The number of hydrogen-bond acceptors (Lipinski definition) is 4. The second-order valence-electron chi connectivity index (χ2n) is 7.39. The molecular formula is C23H28N4. The van der Waals surface area contributed by atoms with E-state index in [2.05, 4.69) is 71.1 Å². The van der Waals surface area contributed by atoms with Gasteiger partial charge in [-0.2, -0.15) is 0 Å². The Morgan fingerprint density at radius 1 is 1.04 bits per heavy atom. The van der Waals surface area contributed by atoms with Crippen LogP contribution < -0.4 is 4.90 Å². The Morgan fingerprint density at radius 2 is 1.85 bits per heavy atom. The Hall–Kier alpha value is -2.46. The molecule has 2 aromatic carbocycles. The number of aromatic nitrogens is 2. The number of nitrogens with zero attached hydrogens (tertiary/aromatic N) is 4. The molecule has 0 aliphatic carbocycles. The zero-order valence-corrected chi connectivity index (χ0v) is 16.3. The molecule has 0 saturated carbocycles. The van der Waals surface area contributed by atoms with Crippen LogP contribution in [0.1, 0.15) is 20.3 Å².